The van der Waals surface area contributed by atoms with Crippen LogP contribution >= 0.6 is 0 Å². The fourth-order valence-electron chi connectivity index (χ4n) is 0.186. The second-order valence-corrected chi connectivity index (χ2v) is 1.85. The van der Waals surface area contributed by atoms with Gasteiger partial charge < -0.3 is 4.74 Å². The maximum Gasteiger partial charge on any atom is 0.428 e. The lowest BCUT2D eigenvalue weighted by atomic mass is 10.4. The number of ether oxygens (including phenoxy) is 1. The van der Waals surface area contributed by atoms with Crippen molar-refractivity contribution in [2.45, 2.75) is 18.5 Å². The average Bonchev–Trinajstić information content (AvgIpc) is 1.84. The van der Waals surface area contributed by atoms with Crippen LogP contribution in [-0.4, -0.2) is 32.7 Å². The minimum absolute atomic E-state index is 1.62. The number of hydrogen-bond acceptors (Lipinski definition) is 1. The van der Waals surface area contributed by atoms with E-state index in [1.807, 2.05) is 0 Å². The number of rotatable bonds is 0. The molecule has 0 aromatic heterocycles. The summed E-state index contributed by atoms with van der Waals surface area (Å²) in [6, 6.07) is 0. The van der Waals surface area contributed by atoms with Crippen molar-refractivity contribution in [1.82, 2.24) is 0 Å². The van der Waals surface area contributed by atoms with Gasteiger partial charge in [-0.25, -0.2) is 4.39 Å². The van der Waals surface area contributed by atoms with E-state index in [1.54, 1.807) is 14.2 Å². The van der Waals surface area contributed by atoms with Gasteiger partial charge in [-0.05, 0) is 0 Å². The van der Waals surface area contributed by atoms with Crippen LogP contribution in [0.5, 0.6) is 0 Å². The van der Waals surface area contributed by atoms with Crippen LogP contribution in [0, 0.1) is 0 Å². The van der Waals surface area contributed by atoms with Crippen molar-refractivity contribution in [3.63, 3.8) is 0 Å². The zero-order valence-corrected chi connectivity index (χ0v) is 6.63. The third-order valence-electron chi connectivity index (χ3n) is 0.575. The van der Waals surface area contributed by atoms with Gasteiger partial charge in [-0.3, -0.25) is 0 Å². The molecule has 0 bridgehead atoms. The highest BCUT2D eigenvalue weighted by Gasteiger charge is 2.57. The molecule has 0 aliphatic heterocycles. The summed E-state index contributed by atoms with van der Waals surface area (Å²) in [5, 5.41) is 0. The minimum atomic E-state index is -5.85. The molecule has 0 N–H and O–H groups in total. The van der Waals surface area contributed by atoms with Crippen LogP contribution in [-0.2, 0) is 4.74 Å². The Balaban J connectivity index is 0. The maximum absolute atomic E-state index is 11.2. The summed E-state index contributed by atoms with van der Waals surface area (Å²) >= 11 is 0. The molecule has 82 valence electrons. The van der Waals surface area contributed by atoms with Crippen molar-refractivity contribution >= 4 is 0 Å². The lowest BCUT2D eigenvalue weighted by Gasteiger charge is -2.14. The molecular formula is C5H7F7O. The molecule has 0 aromatic carbocycles. The number of methoxy groups -OCH3 is 1. The number of alkyl halides is 7. The first kappa shape index (κ1) is 15.0. The van der Waals surface area contributed by atoms with E-state index in [0.29, 0.717) is 0 Å². The summed E-state index contributed by atoms with van der Waals surface area (Å²) < 4.78 is 80.5. The fraction of sp³-hybridized carbons (Fsp3) is 1.00. The molecule has 0 unspecified atom stereocenters. The van der Waals surface area contributed by atoms with E-state index >= 15 is 0 Å². The van der Waals surface area contributed by atoms with E-state index < -0.39 is 18.5 Å². The first-order valence-corrected chi connectivity index (χ1v) is 2.75. The van der Waals surface area contributed by atoms with Crippen molar-refractivity contribution in [3.8, 4) is 0 Å². The van der Waals surface area contributed by atoms with Gasteiger partial charge in [0.2, 0.25) is 0 Å². The molecule has 0 fully saturated rings. The lowest BCUT2D eigenvalue weighted by Crippen LogP contribution is -2.38. The van der Waals surface area contributed by atoms with Crippen LogP contribution in [0.4, 0.5) is 30.7 Å². The molecule has 0 aliphatic carbocycles. The quantitative estimate of drug-likeness (QED) is 0.565. The zero-order valence-electron chi connectivity index (χ0n) is 6.63. The Morgan fingerprint density at radius 1 is 0.846 bits per heavy atom. The highest BCUT2D eigenvalue weighted by atomic mass is 19.4. The van der Waals surface area contributed by atoms with Gasteiger partial charge in [-0.1, -0.05) is 0 Å². The predicted molar refractivity (Wildman–Crippen MR) is 29.9 cm³/mol. The van der Waals surface area contributed by atoms with E-state index in [-0.39, 0.29) is 0 Å². The SMILES string of the molecule is COC.FC(C(F)(F)F)C(F)(F)F. The summed E-state index contributed by atoms with van der Waals surface area (Å²) in [6.07, 6.45) is -16.4. The van der Waals surface area contributed by atoms with Crippen molar-refractivity contribution in [2.24, 2.45) is 0 Å². The second-order valence-electron chi connectivity index (χ2n) is 1.85. The fourth-order valence-corrected chi connectivity index (χ4v) is 0.186. The molecule has 0 amide bonds. The molecule has 0 saturated heterocycles. The highest BCUT2D eigenvalue weighted by Crippen LogP contribution is 2.35. The van der Waals surface area contributed by atoms with Gasteiger partial charge in [0, 0.05) is 14.2 Å². The standard InChI is InChI=1S/C3HF7.C2H6O/c4-1(2(5,6)7)3(8,9)10;1-3-2/h1H;1-2H3. The molecule has 0 aliphatic rings. The van der Waals surface area contributed by atoms with Gasteiger partial charge in [0.05, 0.1) is 0 Å². The Morgan fingerprint density at radius 2 is 1.00 bits per heavy atom. The molecule has 0 spiro atoms. The lowest BCUT2D eigenvalue weighted by molar-refractivity contribution is -0.285. The third-order valence-corrected chi connectivity index (χ3v) is 0.575. The summed E-state index contributed by atoms with van der Waals surface area (Å²) in [4.78, 5) is 0. The summed E-state index contributed by atoms with van der Waals surface area (Å²) in [5.41, 5.74) is 0. The molecular weight excluding hydrogens is 209 g/mol. The average molecular weight is 216 g/mol. The van der Waals surface area contributed by atoms with Crippen molar-refractivity contribution < 1.29 is 35.5 Å². The molecule has 0 aromatic rings. The Hall–Kier alpha value is -0.530. The monoisotopic (exact) mass is 216 g/mol. The smallest absolute Gasteiger partial charge is 0.388 e. The van der Waals surface area contributed by atoms with Crippen LogP contribution < -0.4 is 0 Å². The van der Waals surface area contributed by atoms with E-state index in [2.05, 4.69) is 4.74 Å². The Morgan fingerprint density at radius 3 is 1.00 bits per heavy atom. The first-order valence-electron chi connectivity index (χ1n) is 2.75. The van der Waals surface area contributed by atoms with E-state index in [0.717, 1.165) is 0 Å². The predicted octanol–water partition coefficient (Wildman–Crippen LogP) is 2.71. The molecule has 0 radical (unpaired) electrons. The van der Waals surface area contributed by atoms with Crippen LogP contribution in [0.1, 0.15) is 0 Å². The molecule has 0 saturated carbocycles. The minimum Gasteiger partial charge on any atom is -0.388 e. The zero-order chi connectivity index (χ0) is 11.3. The van der Waals surface area contributed by atoms with Gasteiger partial charge in [-0.15, -0.1) is 0 Å². The molecule has 1 nitrogen and oxygen atoms in total. The van der Waals surface area contributed by atoms with Gasteiger partial charge >= 0.3 is 12.4 Å². The highest BCUT2D eigenvalue weighted by molar-refractivity contribution is 4.73. The Bertz CT molecular complexity index is 112. The third kappa shape index (κ3) is 7.82. The van der Waals surface area contributed by atoms with Crippen LogP contribution in [0.3, 0.4) is 0 Å². The largest absolute Gasteiger partial charge is 0.428 e. The first-order chi connectivity index (χ1) is 5.57. The van der Waals surface area contributed by atoms with Crippen molar-refractivity contribution in [2.75, 3.05) is 14.2 Å². The molecule has 8 heteroatoms. The van der Waals surface area contributed by atoms with E-state index in [4.69, 9.17) is 0 Å². The molecule has 0 rings (SSSR count). The van der Waals surface area contributed by atoms with Crippen molar-refractivity contribution in [3.05, 3.63) is 0 Å². The van der Waals surface area contributed by atoms with Gasteiger partial charge in [0.15, 0.2) is 0 Å². The van der Waals surface area contributed by atoms with Gasteiger partial charge in [-0.2, -0.15) is 26.3 Å². The number of halogens is 7. The molecule has 0 heterocycles. The maximum atomic E-state index is 11.2. The van der Waals surface area contributed by atoms with Gasteiger partial charge in [0.1, 0.15) is 0 Å². The molecule has 0 atom stereocenters. The second kappa shape index (κ2) is 5.25. The summed E-state index contributed by atoms with van der Waals surface area (Å²) in [6.45, 7) is 0. The van der Waals surface area contributed by atoms with Crippen LogP contribution in [0.15, 0.2) is 0 Å². The normalized spacial score (nSPS) is 12.5. The van der Waals surface area contributed by atoms with Crippen molar-refractivity contribution in [1.29, 1.82) is 0 Å². The Labute approximate surface area is 69.5 Å². The van der Waals surface area contributed by atoms with Gasteiger partial charge in [0.25, 0.3) is 6.17 Å². The van der Waals surface area contributed by atoms with Crippen LogP contribution in [0.2, 0.25) is 0 Å². The van der Waals surface area contributed by atoms with Crippen LogP contribution in [0.25, 0.3) is 0 Å². The Kier molecular flexibility index (Phi) is 6.05. The summed E-state index contributed by atoms with van der Waals surface area (Å²) in [7, 11) is 3.25. The molecule has 13 heavy (non-hydrogen) atoms. The van der Waals surface area contributed by atoms with E-state index in [9.17, 15) is 30.7 Å². The summed E-state index contributed by atoms with van der Waals surface area (Å²) in [5.74, 6) is 0. The number of hydrogen-bond donors (Lipinski definition) is 0. The topological polar surface area (TPSA) is 9.23 Å². The van der Waals surface area contributed by atoms with E-state index in [1.165, 1.54) is 0 Å².